The second-order valence-electron chi connectivity index (χ2n) is 2.61. The molecule has 1 aliphatic rings. The highest BCUT2D eigenvalue weighted by molar-refractivity contribution is 6.27. The molecule has 7 nitrogen and oxygen atoms in total. The van der Waals surface area contributed by atoms with Crippen LogP contribution in [0.2, 0.25) is 0 Å². The van der Waals surface area contributed by atoms with Gasteiger partial charge in [0.05, 0.1) is 12.2 Å². The maximum atomic E-state index is 9.10. The summed E-state index contributed by atoms with van der Waals surface area (Å²) in [4.78, 5) is 18.2. The van der Waals surface area contributed by atoms with Crippen molar-refractivity contribution in [2.45, 2.75) is 12.2 Å². The van der Waals surface area contributed by atoms with E-state index in [0.29, 0.717) is 6.54 Å². The first-order valence-corrected chi connectivity index (χ1v) is 3.86. The van der Waals surface area contributed by atoms with E-state index < -0.39 is 11.9 Å². The van der Waals surface area contributed by atoms with Gasteiger partial charge in [-0.15, -0.1) is 0 Å². The molecule has 1 heterocycles. The van der Waals surface area contributed by atoms with Gasteiger partial charge < -0.3 is 25.4 Å². The van der Waals surface area contributed by atoms with Crippen molar-refractivity contribution in [3.63, 3.8) is 0 Å². The summed E-state index contributed by atoms with van der Waals surface area (Å²) in [7, 11) is 1.61. The zero-order valence-corrected chi connectivity index (χ0v) is 7.64. The lowest BCUT2D eigenvalue weighted by molar-refractivity contribution is -0.159. The molecule has 1 fully saturated rings. The molecule has 0 radical (unpaired) electrons. The Kier molecular flexibility index (Phi) is 5.77. The average Bonchev–Trinajstić information content (AvgIpc) is 2.51. The van der Waals surface area contributed by atoms with Gasteiger partial charge in [-0.2, -0.15) is 0 Å². The van der Waals surface area contributed by atoms with Gasteiger partial charge in [0.1, 0.15) is 0 Å². The number of carboxylic acid groups (broad SMARTS) is 2. The van der Waals surface area contributed by atoms with Crippen LogP contribution >= 0.6 is 0 Å². The Morgan fingerprint density at radius 2 is 1.79 bits per heavy atom. The number of nitrogens with one attached hydrogen (secondary N) is 1. The lowest BCUT2D eigenvalue weighted by atomic mass is 10.3. The third-order valence-corrected chi connectivity index (χ3v) is 1.61. The summed E-state index contributed by atoms with van der Waals surface area (Å²) in [5.41, 5.74) is 0. The number of β-amino-alcohol motifs (C(OH)–C–C–N with tert-alkyl or cyclic N) is 1. The number of hydrogen-bond acceptors (Lipinski definition) is 5. The first-order valence-electron chi connectivity index (χ1n) is 3.86. The fraction of sp³-hybridized carbons (Fsp3) is 0.714. The minimum atomic E-state index is -1.82. The van der Waals surface area contributed by atoms with E-state index in [0.717, 1.165) is 6.54 Å². The van der Waals surface area contributed by atoms with Crippen molar-refractivity contribution in [2.75, 3.05) is 20.2 Å². The summed E-state index contributed by atoms with van der Waals surface area (Å²) in [6.45, 7) is 1.44. The van der Waals surface area contributed by atoms with Crippen LogP contribution in [0.15, 0.2) is 0 Å². The molecule has 0 aliphatic carbocycles. The van der Waals surface area contributed by atoms with Gasteiger partial charge in [0.2, 0.25) is 0 Å². The van der Waals surface area contributed by atoms with Crippen molar-refractivity contribution >= 4 is 11.9 Å². The molecule has 0 aromatic heterocycles. The molecule has 7 heteroatoms. The number of aliphatic carboxylic acids is 2. The minimum absolute atomic E-state index is 0.00926. The number of aliphatic hydroxyl groups is 1. The lowest BCUT2D eigenvalue weighted by Gasteiger charge is -2.08. The molecule has 0 spiro atoms. The van der Waals surface area contributed by atoms with E-state index in [1.165, 1.54) is 0 Å². The third-order valence-electron chi connectivity index (χ3n) is 1.61. The number of carboxylic acids is 2. The van der Waals surface area contributed by atoms with E-state index in [9.17, 15) is 0 Å². The molecule has 0 aromatic rings. The highest BCUT2D eigenvalue weighted by Gasteiger charge is 2.23. The molecule has 0 amide bonds. The molecule has 82 valence electrons. The molecule has 0 aromatic carbocycles. The second kappa shape index (κ2) is 6.30. The monoisotopic (exact) mass is 207 g/mol. The van der Waals surface area contributed by atoms with Crippen molar-refractivity contribution in [3.05, 3.63) is 0 Å². The summed E-state index contributed by atoms with van der Waals surface area (Å²) >= 11 is 0. The summed E-state index contributed by atoms with van der Waals surface area (Å²) < 4.78 is 4.91. The molecule has 4 N–H and O–H groups in total. The van der Waals surface area contributed by atoms with E-state index in [-0.39, 0.29) is 12.2 Å². The van der Waals surface area contributed by atoms with Gasteiger partial charge in [0.15, 0.2) is 0 Å². The third kappa shape index (κ3) is 4.75. The Balaban J connectivity index is 0.000000255. The number of carbonyl (C=O) groups is 2. The quantitative estimate of drug-likeness (QED) is 0.372. The topological polar surface area (TPSA) is 116 Å². The molecular weight excluding hydrogens is 194 g/mol. The van der Waals surface area contributed by atoms with Crippen molar-refractivity contribution in [3.8, 4) is 0 Å². The van der Waals surface area contributed by atoms with Gasteiger partial charge in [-0.1, -0.05) is 0 Å². The SMILES string of the molecule is CO[C@@H]1CNC[C@H]1O.O=C(O)C(=O)O. The fourth-order valence-corrected chi connectivity index (χ4v) is 0.881. The first kappa shape index (κ1) is 12.8. The van der Waals surface area contributed by atoms with E-state index in [1.807, 2.05) is 0 Å². The zero-order chi connectivity index (χ0) is 11.1. The van der Waals surface area contributed by atoms with Crippen LogP contribution in [0.1, 0.15) is 0 Å². The highest BCUT2D eigenvalue weighted by Crippen LogP contribution is 2.01. The Morgan fingerprint density at radius 3 is 1.93 bits per heavy atom. The molecule has 2 atom stereocenters. The zero-order valence-electron chi connectivity index (χ0n) is 7.64. The van der Waals surface area contributed by atoms with Crippen molar-refractivity contribution < 1.29 is 29.6 Å². The van der Waals surface area contributed by atoms with Gasteiger partial charge in [-0.3, -0.25) is 0 Å². The number of rotatable bonds is 1. The van der Waals surface area contributed by atoms with Crippen LogP contribution in [0.5, 0.6) is 0 Å². The number of aliphatic hydroxyl groups excluding tert-OH is 1. The van der Waals surface area contributed by atoms with Gasteiger partial charge in [0, 0.05) is 20.2 Å². The van der Waals surface area contributed by atoms with E-state index in [4.69, 9.17) is 29.6 Å². The number of ether oxygens (including phenoxy) is 1. The lowest BCUT2D eigenvalue weighted by Crippen LogP contribution is -2.25. The van der Waals surface area contributed by atoms with Gasteiger partial charge in [-0.25, -0.2) is 9.59 Å². The summed E-state index contributed by atoms with van der Waals surface area (Å²) in [6.07, 6.45) is -0.296. The van der Waals surface area contributed by atoms with Crippen LogP contribution < -0.4 is 5.32 Å². The van der Waals surface area contributed by atoms with Crippen LogP contribution in [0, 0.1) is 0 Å². The molecule has 1 saturated heterocycles. The average molecular weight is 207 g/mol. The predicted molar refractivity (Wildman–Crippen MR) is 44.9 cm³/mol. The van der Waals surface area contributed by atoms with Crippen LogP contribution in [0.25, 0.3) is 0 Å². The summed E-state index contributed by atoms with van der Waals surface area (Å²) in [6, 6.07) is 0. The van der Waals surface area contributed by atoms with E-state index in [2.05, 4.69) is 5.32 Å². The maximum Gasteiger partial charge on any atom is 0.414 e. The minimum Gasteiger partial charge on any atom is -0.473 e. The van der Waals surface area contributed by atoms with Gasteiger partial charge in [-0.05, 0) is 0 Å². The molecule has 14 heavy (non-hydrogen) atoms. The van der Waals surface area contributed by atoms with Crippen LogP contribution in [-0.2, 0) is 14.3 Å². The second-order valence-corrected chi connectivity index (χ2v) is 2.61. The molecule has 0 bridgehead atoms. The van der Waals surface area contributed by atoms with Crippen LogP contribution in [0.4, 0.5) is 0 Å². The molecular formula is C7H13NO6. The Bertz CT molecular complexity index is 194. The predicted octanol–water partition coefficient (Wildman–Crippen LogP) is -1.88. The molecule has 0 unspecified atom stereocenters. The van der Waals surface area contributed by atoms with Crippen molar-refractivity contribution in [1.82, 2.24) is 5.32 Å². The molecule has 0 saturated carbocycles. The Hall–Kier alpha value is -1.18. The Morgan fingerprint density at radius 1 is 1.29 bits per heavy atom. The van der Waals surface area contributed by atoms with Crippen LogP contribution in [-0.4, -0.2) is 59.7 Å². The number of methoxy groups -OCH3 is 1. The summed E-state index contributed by atoms with van der Waals surface area (Å²) in [5, 5.41) is 26.8. The standard InChI is InChI=1S/C5H11NO2.C2H2O4/c1-8-5-3-6-2-4(5)7;3-1(4)2(5)6/h4-7H,2-3H2,1H3;(H,3,4)(H,5,6)/t4-,5-;/m1./s1. The van der Waals surface area contributed by atoms with E-state index in [1.54, 1.807) is 7.11 Å². The fourth-order valence-electron chi connectivity index (χ4n) is 0.881. The maximum absolute atomic E-state index is 9.10. The first-order chi connectivity index (χ1) is 6.49. The van der Waals surface area contributed by atoms with Gasteiger partial charge in [0.25, 0.3) is 0 Å². The normalized spacial score (nSPS) is 25.0. The van der Waals surface area contributed by atoms with Crippen molar-refractivity contribution in [2.24, 2.45) is 0 Å². The van der Waals surface area contributed by atoms with Crippen LogP contribution in [0.3, 0.4) is 0 Å². The van der Waals surface area contributed by atoms with Crippen molar-refractivity contribution in [1.29, 1.82) is 0 Å². The van der Waals surface area contributed by atoms with E-state index >= 15 is 0 Å². The number of hydrogen-bond donors (Lipinski definition) is 4. The largest absolute Gasteiger partial charge is 0.473 e. The highest BCUT2D eigenvalue weighted by atomic mass is 16.5. The smallest absolute Gasteiger partial charge is 0.414 e. The van der Waals surface area contributed by atoms with Gasteiger partial charge >= 0.3 is 11.9 Å². The molecule has 1 aliphatic heterocycles. The summed E-state index contributed by atoms with van der Waals surface area (Å²) in [5.74, 6) is -3.65. The molecule has 1 rings (SSSR count). The Labute approximate surface area is 80.3 Å².